The van der Waals surface area contributed by atoms with Crippen LogP contribution in [0.15, 0.2) is 85.2 Å². The third kappa shape index (κ3) is 14.6. The van der Waals surface area contributed by atoms with E-state index in [1.165, 1.54) is 0 Å². The van der Waals surface area contributed by atoms with Gasteiger partial charge in [0.2, 0.25) is 0 Å². The zero-order chi connectivity index (χ0) is 35.5. The highest BCUT2D eigenvalue weighted by atomic mass is 32.2. The van der Waals surface area contributed by atoms with Crippen molar-refractivity contribution in [3.8, 4) is 11.5 Å². The van der Waals surface area contributed by atoms with Crippen molar-refractivity contribution in [1.29, 1.82) is 0 Å². The molecule has 0 fully saturated rings. The second-order valence-corrected chi connectivity index (χ2v) is 13.8. The molecule has 4 aromatic rings. The Hall–Kier alpha value is -3.71. The summed E-state index contributed by atoms with van der Waals surface area (Å²) < 4.78 is 36.8. The summed E-state index contributed by atoms with van der Waals surface area (Å²) in [6.07, 6.45) is 3.53. The van der Waals surface area contributed by atoms with Crippen LogP contribution in [0, 0.1) is 0 Å². The molecule has 2 heterocycles. The summed E-state index contributed by atoms with van der Waals surface area (Å²) in [5.41, 5.74) is 11.9. The molecular weight excluding hydrogens is 628 g/mol. The number of nitrogens with zero attached hydrogens (tertiary/aromatic N) is 2. The smallest absolute Gasteiger partial charge is 0.118 e. The van der Waals surface area contributed by atoms with Crippen LogP contribution in [-0.2, 0) is 46.9 Å². The van der Waals surface area contributed by atoms with E-state index in [4.69, 9.17) is 29.8 Å². The Labute approximate surface area is 288 Å². The fourth-order valence-electron chi connectivity index (χ4n) is 4.10. The van der Waals surface area contributed by atoms with Crippen molar-refractivity contribution in [3.63, 3.8) is 0 Å². The van der Waals surface area contributed by atoms with Gasteiger partial charge in [-0.1, -0.05) is 24.3 Å². The van der Waals surface area contributed by atoms with Gasteiger partial charge in [0.1, 0.15) is 11.5 Å². The first-order valence-electron chi connectivity index (χ1n) is 15.7. The molecule has 4 rings (SSSR count). The van der Waals surface area contributed by atoms with Crippen molar-refractivity contribution < 1.29 is 28.3 Å². The third-order valence-corrected chi connectivity index (χ3v) is 8.58. The lowest BCUT2D eigenvalue weighted by Crippen LogP contribution is -2.34. The van der Waals surface area contributed by atoms with E-state index in [9.17, 15) is 4.21 Å². The van der Waals surface area contributed by atoms with Gasteiger partial charge in [-0.15, -0.1) is 0 Å². The molecule has 0 radical (unpaired) electrons. The predicted molar refractivity (Wildman–Crippen MR) is 192 cm³/mol. The highest BCUT2D eigenvalue weighted by Gasteiger charge is 2.21. The van der Waals surface area contributed by atoms with Crippen molar-refractivity contribution in [2.45, 2.75) is 77.9 Å². The highest BCUT2D eigenvalue weighted by Crippen LogP contribution is 2.19. The van der Waals surface area contributed by atoms with Crippen molar-refractivity contribution in [3.05, 3.63) is 119 Å². The molecule has 4 N–H and O–H groups in total. The highest BCUT2D eigenvalue weighted by molar-refractivity contribution is 7.84. The number of methoxy groups -OCH3 is 2. The van der Waals surface area contributed by atoms with Gasteiger partial charge in [-0.05, 0) is 105 Å². The Morgan fingerprint density at radius 3 is 1.54 bits per heavy atom. The third-order valence-electron chi connectivity index (χ3n) is 6.90. The van der Waals surface area contributed by atoms with E-state index < -0.39 is 11.0 Å². The number of aliphatic hydroxyl groups excluding tert-OH is 1. The molecule has 262 valence electrons. The van der Waals surface area contributed by atoms with Crippen LogP contribution in [0.4, 0.5) is 0 Å². The van der Waals surface area contributed by atoms with E-state index in [1.54, 1.807) is 26.6 Å². The van der Waals surface area contributed by atoms with Crippen LogP contribution in [0.5, 0.6) is 11.5 Å². The van der Waals surface area contributed by atoms with E-state index in [1.807, 2.05) is 107 Å². The summed E-state index contributed by atoms with van der Waals surface area (Å²) in [5, 5.41) is 7.00. The van der Waals surface area contributed by atoms with Crippen molar-refractivity contribution in [1.82, 2.24) is 14.7 Å². The number of hydrogen-bond acceptors (Lipinski definition) is 9. The topological polar surface area (TPSA) is 138 Å². The molecule has 0 amide bonds. The first-order valence-corrected chi connectivity index (χ1v) is 16.8. The fraction of sp³-hybridized carbons (Fsp3) is 0.405. The van der Waals surface area contributed by atoms with E-state index >= 15 is 0 Å². The molecule has 2 aromatic carbocycles. The lowest BCUT2D eigenvalue weighted by molar-refractivity contribution is 0.104. The minimum absolute atomic E-state index is 0.0124. The molecule has 10 nitrogen and oxygen atoms in total. The molecule has 0 spiro atoms. The average Bonchev–Trinajstić information content (AvgIpc) is 3.10. The Balaban J connectivity index is 0.000000327. The number of pyridine rings is 2. The van der Waals surface area contributed by atoms with Gasteiger partial charge >= 0.3 is 0 Å². The maximum atomic E-state index is 12.3. The lowest BCUT2D eigenvalue weighted by Gasteiger charge is -2.22. The number of aliphatic hydroxyl groups is 1. The zero-order valence-corrected chi connectivity index (χ0v) is 30.3. The molecule has 0 aliphatic carbocycles. The van der Waals surface area contributed by atoms with Gasteiger partial charge in [0.25, 0.3) is 0 Å². The summed E-state index contributed by atoms with van der Waals surface area (Å²) in [6, 6.07) is 23.5. The van der Waals surface area contributed by atoms with Crippen molar-refractivity contribution in [2.24, 2.45) is 5.73 Å². The standard InChI is InChI=1S/C20H28N2O3S.C16H20N2O2.CH4O/c1-15(22-26(23)20(2,3)4)17-10-11-21-18(12-17)14-25-13-16-6-8-19(24-5)9-7-16;1-12(17)14-7-8-18-15(9-14)11-20-10-13-3-5-16(19-2)6-4-13;1-2/h6-12,15,22H,13-14H2,1-5H3;3-9,12H,10-11,17H2,1-2H3;2H,1H3/t15?,26-;;/m1../s1. The second-order valence-electron chi connectivity index (χ2n) is 11.9. The fourth-order valence-corrected chi connectivity index (χ4v) is 4.91. The quantitative estimate of drug-likeness (QED) is 0.139. The van der Waals surface area contributed by atoms with Crippen LogP contribution in [0.3, 0.4) is 0 Å². The van der Waals surface area contributed by atoms with Gasteiger partial charge < -0.3 is 29.8 Å². The minimum Gasteiger partial charge on any atom is -0.497 e. The molecule has 0 saturated carbocycles. The summed E-state index contributed by atoms with van der Waals surface area (Å²) in [7, 11) is 3.19. The molecule has 2 aromatic heterocycles. The van der Waals surface area contributed by atoms with Crippen LogP contribution >= 0.6 is 0 Å². The van der Waals surface area contributed by atoms with E-state index in [2.05, 4.69) is 14.7 Å². The van der Waals surface area contributed by atoms with Gasteiger partial charge in [0, 0.05) is 31.6 Å². The molecule has 0 bridgehead atoms. The minimum atomic E-state index is -1.12. The summed E-state index contributed by atoms with van der Waals surface area (Å²) in [4.78, 5) is 8.64. The van der Waals surface area contributed by atoms with Gasteiger partial charge in [-0.25, -0.2) is 8.93 Å². The summed E-state index contributed by atoms with van der Waals surface area (Å²) in [5.74, 6) is 1.68. The van der Waals surface area contributed by atoms with Crippen LogP contribution < -0.4 is 19.9 Å². The number of rotatable bonds is 14. The van der Waals surface area contributed by atoms with Gasteiger partial charge in [0.15, 0.2) is 0 Å². The number of aromatic nitrogens is 2. The van der Waals surface area contributed by atoms with Crippen LogP contribution in [0.25, 0.3) is 0 Å². The Bertz CT molecular complexity index is 1500. The summed E-state index contributed by atoms with van der Waals surface area (Å²) in [6.45, 7) is 11.8. The summed E-state index contributed by atoms with van der Waals surface area (Å²) >= 11 is 0. The first kappa shape index (κ1) is 40.5. The van der Waals surface area contributed by atoms with Crippen LogP contribution in [-0.4, -0.2) is 45.4 Å². The number of nitrogens with one attached hydrogen (secondary N) is 1. The van der Waals surface area contributed by atoms with E-state index in [0.717, 1.165) is 52.3 Å². The monoisotopic (exact) mass is 680 g/mol. The molecule has 48 heavy (non-hydrogen) atoms. The first-order chi connectivity index (χ1) is 23.0. The predicted octanol–water partition coefficient (Wildman–Crippen LogP) is 6.36. The maximum Gasteiger partial charge on any atom is 0.118 e. The average molecular weight is 681 g/mol. The molecule has 11 heteroatoms. The lowest BCUT2D eigenvalue weighted by atomic mass is 10.1. The normalized spacial score (nSPS) is 12.8. The molecular formula is C37H52N4O6S. The van der Waals surface area contributed by atoms with Gasteiger partial charge in [0.05, 0.1) is 67.8 Å². The maximum absolute atomic E-state index is 12.3. The molecule has 3 atom stereocenters. The van der Waals surface area contributed by atoms with E-state index in [0.29, 0.717) is 26.4 Å². The number of ether oxygens (including phenoxy) is 4. The molecule has 0 saturated heterocycles. The molecule has 2 unspecified atom stereocenters. The Morgan fingerprint density at radius 1 is 0.729 bits per heavy atom. The SMILES string of the molecule is CO.COc1ccc(COCc2cc(C(C)N)ccn2)cc1.COc1ccc(COCc2cc(C(C)N[S@](=O)C(C)(C)C)ccn2)cc1. The zero-order valence-electron chi connectivity index (χ0n) is 29.4. The van der Waals surface area contributed by atoms with Gasteiger partial charge in [-0.3, -0.25) is 9.97 Å². The Morgan fingerprint density at radius 2 is 1.15 bits per heavy atom. The van der Waals surface area contributed by atoms with Crippen LogP contribution in [0.2, 0.25) is 0 Å². The largest absolute Gasteiger partial charge is 0.497 e. The van der Waals surface area contributed by atoms with Crippen molar-refractivity contribution >= 4 is 11.0 Å². The van der Waals surface area contributed by atoms with Crippen LogP contribution in [0.1, 0.15) is 80.3 Å². The Kier molecular flexibility index (Phi) is 18.0. The second kappa shape index (κ2) is 21.3. The van der Waals surface area contributed by atoms with E-state index in [-0.39, 0.29) is 16.8 Å². The number of nitrogens with two attached hydrogens (primary N) is 1. The molecule has 0 aliphatic rings. The number of hydrogen-bond donors (Lipinski definition) is 3. The van der Waals surface area contributed by atoms with Gasteiger partial charge in [-0.2, -0.15) is 0 Å². The number of benzene rings is 2. The molecule has 0 aliphatic heterocycles. The van der Waals surface area contributed by atoms with Crippen molar-refractivity contribution in [2.75, 3.05) is 21.3 Å².